The third-order valence-corrected chi connectivity index (χ3v) is 3.51. The van der Waals surface area contributed by atoms with E-state index in [1.807, 2.05) is 13.8 Å². The number of aromatic nitrogens is 2. The molecule has 0 saturated heterocycles. The van der Waals surface area contributed by atoms with Crippen molar-refractivity contribution in [2.24, 2.45) is 7.05 Å². The highest BCUT2D eigenvalue weighted by molar-refractivity contribution is 6.33. The van der Waals surface area contributed by atoms with Gasteiger partial charge in [0.25, 0.3) is 0 Å². The molecule has 1 N–H and O–H groups in total. The van der Waals surface area contributed by atoms with Crippen LogP contribution in [0.2, 0.25) is 5.02 Å². The zero-order valence-corrected chi connectivity index (χ0v) is 12.4. The lowest BCUT2D eigenvalue weighted by Crippen LogP contribution is -2.00. The molecule has 106 valence electrons. The third kappa shape index (κ3) is 2.25. The van der Waals surface area contributed by atoms with Crippen LogP contribution in [0.15, 0.2) is 12.1 Å². The predicted molar refractivity (Wildman–Crippen MR) is 76.6 cm³/mol. The van der Waals surface area contributed by atoms with Gasteiger partial charge in [0.2, 0.25) is 0 Å². The van der Waals surface area contributed by atoms with Gasteiger partial charge in [0.15, 0.2) is 5.69 Å². The Morgan fingerprint density at radius 1 is 1.40 bits per heavy atom. The van der Waals surface area contributed by atoms with Gasteiger partial charge in [0.1, 0.15) is 5.75 Å². The minimum atomic E-state index is -1.07. The molecule has 0 amide bonds. The number of aryl methyl sites for hydroxylation is 2. The van der Waals surface area contributed by atoms with E-state index >= 15 is 0 Å². The van der Waals surface area contributed by atoms with E-state index in [-0.39, 0.29) is 5.69 Å². The summed E-state index contributed by atoms with van der Waals surface area (Å²) in [6.45, 7) is 3.80. The molecular weight excluding hydrogens is 280 g/mol. The maximum atomic E-state index is 11.0. The number of hydrogen-bond acceptors (Lipinski definition) is 3. The van der Waals surface area contributed by atoms with E-state index in [0.717, 1.165) is 22.4 Å². The quantitative estimate of drug-likeness (QED) is 0.945. The number of nitrogens with zero attached hydrogens (tertiary/aromatic N) is 2. The lowest BCUT2D eigenvalue weighted by Gasteiger charge is -2.15. The summed E-state index contributed by atoms with van der Waals surface area (Å²) in [6, 6.07) is 3.31. The molecule has 0 radical (unpaired) electrons. The minimum absolute atomic E-state index is 0.0162. The van der Waals surface area contributed by atoms with Crippen molar-refractivity contribution < 1.29 is 14.6 Å². The SMILES string of the molecule is COc1c(C)cc(Cl)c(-c2cc(C(=O)O)nn2C)c1C. The molecule has 0 spiro atoms. The van der Waals surface area contributed by atoms with Crippen molar-refractivity contribution in [3.05, 3.63) is 34.0 Å². The second-order valence-electron chi connectivity index (χ2n) is 4.55. The van der Waals surface area contributed by atoms with Gasteiger partial charge >= 0.3 is 5.97 Å². The molecule has 20 heavy (non-hydrogen) atoms. The number of carboxylic acids is 1. The molecule has 0 unspecified atom stereocenters. The zero-order valence-electron chi connectivity index (χ0n) is 11.7. The van der Waals surface area contributed by atoms with Crippen molar-refractivity contribution in [2.75, 3.05) is 7.11 Å². The lowest BCUT2D eigenvalue weighted by atomic mass is 10.0. The highest BCUT2D eigenvalue weighted by Gasteiger charge is 2.19. The third-order valence-electron chi connectivity index (χ3n) is 3.22. The van der Waals surface area contributed by atoms with Gasteiger partial charge in [-0.2, -0.15) is 5.10 Å². The summed E-state index contributed by atoms with van der Waals surface area (Å²) in [7, 11) is 3.28. The Kier molecular flexibility index (Phi) is 3.72. The molecule has 0 saturated carbocycles. The molecule has 1 aromatic heterocycles. The second kappa shape index (κ2) is 5.17. The van der Waals surface area contributed by atoms with Crippen LogP contribution in [-0.4, -0.2) is 28.0 Å². The number of carbonyl (C=O) groups is 1. The van der Waals surface area contributed by atoms with Gasteiger partial charge < -0.3 is 9.84 Å². The van der Waals surface area contributed by atoms with Gasteiger partial charge in [0, 0.05) is 18.2 Å². The molecule has 0 aliphatic heterocycles. The largest absolute Gasteiger partial charge is 0.496 e. The Bertz CT molecular complexity index is 692. The fourth-order valence-electron chi connectivity index (χ4n) is 2.35. The molecule has 0 bridgehead atoms. The number of benzene rings is 1. The predicted octanol–water partition coefficient (Wildman–Crippen LogP) is 3.06. The number of ether oxygens (including phenoxy) is 1. The maximum Gasteiger partial charge on any atom is 0.356 e. The van der Waals surface area contributed by atoms with Crippen molar-refractivity contribution in [1.82, 2.24) is 9.78 Å². The van der Waals surface area contributed by atoms with Crippen LogP contribution in [0.25, 0.3) is 11.3 Å². The molecule has 1 heterocycles. The van der Waals surface area contributed by atoms with Gasteiger partial charge in [0.05, 0.1) is 17.8 Å². The van der Waals surface area contributed by atoms with Crippen molar-refractivity contribution in [1.29, 1.82) is 0 Å². The van der Waals surface area contributed by atoms with E-state index in [1.165, 1.54) is 10.7 Å². The molecule has 2 aromatic rings. The van der Waals surface area contributed by atoms with Gasteiger partial charge in [-0.15, -0.1) is 0 Å². The molecule has 2 rings (SSSR count). The fourth-order valence-corrected chi connectivity index (χ4v) is 2.75. The van der Waals surface area contributed by atoms with E-state index < -0.39 is 5.97 Å². The Hall–Kier alpha value is -2.01. The summed E-state index contributed by atoms with van der Waals surface area (Å²) < 4.78 is 6.89. The average Bonchev–Trinajstić information content (AvgIpc) is 2.72. The van der Waals surface area contributed by atoms with Crippen LogP contribution in [0.4, 0.5) is 0 Å². The Balaban J connectivity index is 2.73. The van der Waals surface area contributed by atoms with Gasteiger partial charge in [-0.25, -0.2) is 4.79 Å². The van der Waals surface area contributed by atoms with Gasteiger partial charge in [-0.1, -0.05) is 11.6 Å². The van der Waals surface area contributed by atoms with Crippen molar-refractivity contribution >= 4 is 17.6 Å². The number of halogens is 1. The zero-order chi connectivity index (χ0) is 15.0. The monoisotopic (exact) mass is 294 g/mol. The standard InChI is InChI=1S/C14H15ClN2O3/c1-7-5-9(15)12(8(2)13(7)20-4)11-6-10(14(18)19)16-17(11)3/h5-6H,1-4H3,(H,18,19). The first-order valence-electron chi connectivity index (χ1n) is 5.98. The summed E-state index contributed by atoms with van der Waals surface area (Å²) >= 11 is 6.31. The normalized spacial score (nSPS) is 10.7. The molecule has 0 aliphatic rings. The summed E-state index contributed by atoms with van der Waals surface area (Å²) in [5.74, 6) is -0.331. The highest BCUT2D eigenvalue weighted by atomic mass is 35.5. The summed E-state index contributed by atoms with van der Waals surface area (Å²) in [4.78, 5) is 11.0. The summed E-state index contributed by atoms with van der Waals surface area (Å²) in [5.41, 5.74) is 3.15. The van der Waals surface area contributed by atoms with Crippen LogP contribution in [0.5, 0.6) is 5.75 Å². The number of methoxy groups -OCH3 is 1. The Morgan fingerprint density at radius 3 is 2.55 bits per heavy atom. The Morgan fingerprint density at radius 2 is 2.05 bits per heavy atom. The summed E-state index contributed by atoms with van der Waals surface area (Å²) in [6.07, 6.45) is 0. The van der Waals surface area contributed by atoms with Crippen molar-refractivity contribution in [3.63, 3.8) is 0 Å². The first-order chi connectivity index (χ1) is 9.36. The number of hydrogen-bond donors (Lipinski definition) is 1. The maximum absolute atomic E-state index is 11.0. The molecular formula is C14H15ClN2O3. The van der Waals surface area contributed by atoms with Crippen LogP contribution >= 0.6 is 11.6 Å². The summed E-state index contributed by atoms with van der Waals surface area (Å²) in [5, 5.41) is 13.5. The topological polar surface area (TPSA) is 64.3 Å². The van der Waals surface area contributed by atoms with E-state index in [9.17, 15) is 4.79 Å². The molecule has 0 atom stereocenters. The molecule has 0 aliphatic carbocycles. The lowest BCUT2D eigenvalue weighted by molar-refractivity contribution is 0.0689. The first kappa shape index (κ1) is 14.4. The first-order valence-corrected chi connectivity index (χ1v) is 6.36. The second-order valence-corrected chi connectivity index (χ2v) is 4.96. The number of aromatic carboxylic acids is 1. The molecule has 5 nitrogen and oxygen atoms in total. The van der Waals surface area contributed by atoms with Crippen molar-refractivity contribution in [2.45, 2.75) is 13.8 Å². The van der Waals surface area contributed by atoms with Crippen LogP contribution in [0, 0.1) is 13.8 Å². The van der Waals surface area contributed by atoms with E-state index in [4.69, 9.17) is 21.4 Å². The molecule has 1 aromatic carbocycles. The van der Waals surface area contributed by atoms with Gasteiger partial charge in [-0.3, -0.25) is 4.68 Å². The number of carboxylic acid groups (broad SMARTS) is 1. The fraction of sp³-hybridized carbons (Fsp3) is 0.286. The number of rotatable bonds is 3. The van der Waals surface area contributed by atoms with Crippen LogP contribution < -0.4 is 4.74 Å². The Labute approximate surface area is 121 Å². The smallest absolute Gasteiger partial charge is 0.356 e. The van der Waals surface area contributed by atoms with Crippen LogP contribution in [0.3, 0.4) is 0 Å². The minimum Gasteiger partial charge on any atom is -0.496 e. The van der Waals surface area contributed by atoms with Gasteiger partial charge in [-0.05, 0) is 31.5 Å². The molecule has 6 heteroatoms. The van der Waals surface area contributed by atoms with E-state index in [1.54, 1.807) is 20.2 Å². The van der Waals surface area contributed by atoms with Crippen LogP contribution in [-0.2, 0) is 7.05 Å². The molecule has 0 fully saturated rings. The highest BCUT2D eigenvalue weighted by Crippen LogP contribution is 2.38. The van der Waals surface area contributed by atoms with E-state index in [2.05, 4.69) is 5.10 Å². The van der Waals surface area contributed by atoms with Crippen molar-refractivity contribution in [3.8, 4) is 17.0 Å². The average molecular weight is 295 g/mol. The van der Waals surface area contributed by atoms with Crippen LogP contribution in [0.1, 0.15) is 21.6 Å². The van der Waals surface area contributed by atoms with E-state index in [0.29, 0.717) is 10.7 Å².